The molecule has 32 heavy (non-hydrogen) atoms. The maximum absolute atomic E-state index is 14.6. The van der Waals surface area contributed by atoms with Crippen LogP contribution in [0.1, 0.15) is 87.0 Å². The highest BCUT2D eigenvalue weighted by atomic mass is 19.1. The van der Waals surface area contributed by atoms with Crippen LogP contribution in [0, 0.1) is 24.1 Å². The Hall–Kier alpha value is -2.09. The summed E-state index contributed by atoms with van der Waals surface area (Å²) in [7, 11) is 0. The van der Waals surface area contributed by atoms with Gasteiger partial charge in [0.1, 0.15) is 5.82 Å². The van der Waals surface area contributed by atoms with Gasteiger partial charge in [0.2, 0.25) is 0 Å². The summed E-state index contributed by atoms with van der Waals surface area (Å²) < 4.78 is 14.6. The first-order valence-electron chi connectivity index (χ1n) is 12.7. The number of piperidine rings is 1. The molecule has 0 bridgehead atoms. The average Bonchev–Trinajstić information content (AvgIpc) is 2.79. The van der Waals surface area contributed by atoms with Crippen LogP contribution in [-0.4, -0.2) is 18.0 Å². The van der Waals surface area contributed by atoms with Crippen LogP contribution in [0.4, 0.5) is 4.39 Å². The van der Waals surface area contributed by atoms with E-state index in [1.165, 1.54) is 50.5 Å². The smallest absolute Gasteiger partial charge is 0.127 e. The molecule has 1 aliphatic carbocycles. The fourth-order valence-electron chi connectivity index (χ4n) is 6.61. The van der Waals surface area contributed by atoms with Gasteiger partial charge in [0, 0.05) is 24.4 Å². The van der Waals surface area contributed by atoms with Gasteiger partial charge in [-0.2, -0.15) is 0 Å². The van der Waals surface area contributed by atoms with E-state index in [0.717, 1.165) is 41.4 Å². The third-order valence-corrected chi connectivity index (χ3v) is 8.20. The van der Waals surface area contributed by atoms with Gasteiger partial charge in [-0.3, -0.25) is 0 Å². The van der Waals surface area contributed by atoms with Crippen LogP contribution < -0.4 is 0 Å². The molecule has 2 heteroatoms. The SMILES string of the molecule is C=C(c1cc(C)cc(F)c1CC)N1CCC2(CC1)CC(CCC)CC(c1ccccc1)C2. The molecule has 1 nitrogen and oxygen atoms in total. The van der Waals surface area contributed by atoms with Gasteiger partial charge in [-0.15, -0.1) is 0 Å². The van der Waals surface area contributed by atoms with Crippen LogP contribution in [0.25, 0.3) is 5.70 Å². The van der Waals surface area contributed by atoms with E-state index in [1.807, 2.05) is 13.8 Å². The van der Waals surface area contributed by atoms with E-state index < -0.39 is 0 Å². The Morgan fingerprint density at radius 3 is 2.47 bits per heavy atom. The van der Waals surface area contributed by atoms with Gasteiger partial charge in [-0.1, -0.05) is 63.6 Å². The summed E-state index contributed by atoms with van der Waals surface area (Å²) in [5, 5.41) is 0. The summed E-state index contributed by atoms with van der Waals surface area (Å²) in [6, 6.07) is 15.0. The number of likely N-dealkylation sites (tertiary alicyclic amines) is 1. The molecule has 1 saturated carbocycles. The van der Waals surface area contributed by atoms with Crippen molar-refractivity contribution < 1.29 is 4.39 Å². The number of benzene rings is 2. The highest BCUT2D eigenvalue weighted by molar-refractivity contribution is 5.66. The molecule has 2 atom stereocenters. The molecule has 172 valence electrons. The highest BCUT2D eigenvalue weighted by Crippen LogP contribution is 2.53. The second kappa shape index (κ2) is 9.81. The molecule has 4 rings (SSSR count). The van der Waals surface area contributed by atoms with Crippen molar-refractivity contribution >= 4 is 5.70 Å². The molecule has 2 aromatic carbocycles. The van der Waals surface area contributed by atoms with Crippen molar-refractivity contribution in [2.45, 2.75) is 78.1 Å². The lowest BCUT2D eigenvalue weighted by Crippen LogP contribution is -2.43. The van der Waals surface area contributed by atoms with E-state index in [0.29, 0.717) is 17.8 Å². The van der Waals surface area contributed by atoms with Gasteiger partial charge in [0.05, 0.1) is 0 Å². The first kappa shape index (κ1) is 23.1. The molecule has 2 aliphatic rings. The molecule has 0 radical (unpaired) electrons. The maximum Gasteiger partial charge on any atom is 0.127 e. The summed E-state index contributed by atoms with van der Waals surface area (Å²) >= 11 is 0. The van der Waals surface area contributed by atoms with E-state index in [2.05, 4.69) is 54.8 Å². The summed E-state index contributed by atoms with van der Waals surface area (Å²) in [5.74, 6) is 1.44. The first-order valence-corrected chi connectivity index (χ1v) is 12.7. The normalized spacial score (nSPS) is 22.8. The van der Waals surface area contributed by atoms with Gasteiger partial charge in [-0.05, 0) is 91.5 Å². The van der Waals surface area contributed by atoms with E-state index in [-0.39, 0.29) is 5.82 Å². The zero-order valence-corrected chi connectivity index (χ0v) is 20.3. The summed E-state index contributed by atoms with van der Waals surface area (Å²) in [4.78, 5) is 2.43. The van der Waals surface area contributed by atoms with Gasteiger partial charge in [-0.25, -0.2) is 4.39 Å². The minimum Gasteiger partial charge on any atom is -0.371 e. The van der Waals surface area contributed by atoms with E-state index in [4.69, 9.17) is 0 Å². The number of nitrogens with zero attached hydrogens (tertiary/aromatic N) is 1. The topological polar surface area (TPSA) is 3.24 Å². The monoisotopic (exact) mass is 433 g/mol. The Labute approximate surface area is 194 Å². The summed E-state index contributed by atoms with van der Waals surface area (Å²) in [6.45, 7) is 12.9. The van der Waals surface area contributed by atoms with Crippen molar-refractivity contribution in [1.29, 1.82) is 0 Å². The molecular weight excluding hydrogens is 393 g/mol. The molecule has 1 saturated heterocycles. The summed E-state index contributed by atoms with van der Waals surface area (Å²) in [6.07, 6.45) is 9.83. The molecule has 2 aromatic rings. The Morgan fingerprint density at radius 1 is 1.09 bits per heavy atom. The molecule has 2 fully saturated rings. The predicted molar refractivity (Wildman–Crippen MR) is 134 cm³/mol. The van der Waals surface area contributed by atoms with Gasteiger partial charge in [0.15, 0.2) is 0 Å². The number of aryl methyl sites for hydroxylation is 1. The van der Waals surface area contributed by atoms with Crippen LogP contribution >= 0.6 is 0 Å². The highest BCUT2D eigenvalue weighted by Gasteiger charge is 2.42. The molecular formula is C30H40FN. The zero-order valence-electron chi connectivity index (χ0n) is 20.3. The molecule has 1 spiro atoms. The molecule has 0 N–H and O–H groups in total. The quantitative estimate of drug-likeness (QED) is 0.444. The number of hydrogen-bond acceptors (Lipinski definition) is 1. The largest absolute Gasteiger partial charge is 0.371 e. The lowest BCUT2D eigenvalue weighted by atomic mass is 9.59. The first-order chi connectivity index (χ1) is 15.4. The Bertz CT molecular complexity index is 923. The minimum absolute atomic E-state index is 0.0856. The van der Waals surface area contributed by atoms with Crippen molar-refractivity contribution in [2.75, 3.05) is 13.1 Å². The number of hydrogen-bond donors (Lipinski definition) is 0. The van der Waals surface area contributed by atoms with Crippen molar-refractivity contribution in [3.05, 3.63) is 77.1 Å². The predicted octanol–water partition coefficient (Wildman–Crippen LogP) is 8.13. The summed E-state index contributed by atoms with van der Waals surface area (Å²) in [5.41, 5.74) is 5.79. The number of rotatable bonds is 6. The third kappa shape index (κ3) is 4.80. The Kier molecular flexibility index (Phi) is 7.08. The lowest BCUT2D eigenvalue weighted by molar-refractivity contribution is 0.0510. The van der Waals surface area contributed by atoms with Crippen LogP contribution in [0.2, 0.25) is 0 Å². The van der Waals surface area contributed by atoms with Crippen molar-refractivity contribution in [3.8, 4) is 0 Å². The molecule has 1 aliphatic heterocycles. The second-order valence-corrected chi connectivity index (χ2v) is 10.5. The fraction of sp³-hybridized carbons (Fsp3) is 0.533. The van der Waals surface area contributed by atoms with Gasteiger partial charge >= 0.3 is 0 Å². The van der Waals surface area contributed by atoms with E-state index >= 15 is 0 Å². The van der Waals surface area contributed by atoms with Gasteiger partial charge < -0.3 is 4.90 Å². The third-order valence-electron chi connectivity index (χ3n) is 8.20. The average molecular weight is 434 g/mol. The molecule has 0 aromatic heterocycles. The van der Waals surface area contributed by atoms with Crippen molar-refractivity contribution in [2.24, 2.45) is 11.3 Å². The Balaban J connectivity index is 1.50. The van der Waals surface area contributed by atoms with Crippen LogP contribution in [0.15, 0.2) is 49.0 Å². The Morgan fingerprint density at radius 2 is 1.81 bits per heavy atom. The zero-order chi connectivity index (χ0) is 22.7. The number of halogens is 1. The van der Waals surface area contributed by atoms with Crippen molar-refractivity contribution in [1.82, 2.24) is 4.90 Å². The van der Waals surface area contributed by atoms with Crippen LogP contribution in [0.3, 0.4) is 0 Å². The standard InChI is InChI=1S/C30H40FN/c1-5-10-24-19-26(25-11-8-7-9-12-25)21-30(20-24)13-15-32(16-14-30)23(4)28-17-22(3)18-29(31)27(28)6-2/h7-9,11-12,17-18,24,26H,4-6,10,13-16,19-21H2,1-3H3. The van der Waals surface area contributed by atoms with E-state index in [1.54, 1.807) is 6.07 Å². The van der Waals surface area contributed by atoms with Crippen molar-refractivity contribution in [3.63, 3.8) is 0 Å². The lowest BCUT2D eigenvalue weighted by Gasteiger charge is -2.50. The second-order valence-electron chi connectivity index (χ2n) is 10.5. The maximum atomic E-state index is 14.6. The minimum atomic E-state index is -0.0856. The fourth-order valence-corrected chi connectivity index (χ4v) is 6.61. The molecule has 1 heterocycles. The van der Waals surface area contributed by atoms with Crippen LogP contribution in [0.5, 0.6) is 0 Å². The molecule has 2 unspecified atom stereocenters. The van der Waals surface area contributed by atoms with Gasteiger partial charge in [0.25, 0.3) is 0 Å². The van der Waals surface area contributed by atoms with E-state index in [9.17, 15) is 4.39 Å². The molecule has 0 amide bonds. The van der Waals surface area contributed by atoms with Crippen LogP contribution in [-0.2, 0) is 6.42 Å².